The third-order valence-corrected chi connectivity index (χ3v) is 6.35. The summed E-state index contributed by atoms with van der Waals surface area (Å²) >= 11 is 1.31. The van der Waals surface area contributed by atoms with Gasteiger partial charge >= 0.3 is 0 Å². The minimum Gasteiger partial charge on any atom is -0.481 e. The lowest BCUT2D eigenvalue weighted by molar-refractivity contribution is -0.127. The van der Waals surface area contributed by atoms with Crippen LogP contribution in [0.2, 0.25) is 0 Å². The van der Waals surface area contributed by atoms with Gasteiger partial charge in [-0.25, -0.2) is 0 Å². The van der Waals surface area contributed by atoms with Crippen LogP contribution in [0, 0.1) is 13.8 Å². The van der Waals surface area contributed by atoms with Crippen LogP contribution in [0.1, 0.15) is 43.3 Å². The van der Waals surface area contributed by atoms with E-state index in [9.17, 15) is 9.59 Å². The molecule has 186 valence electrons. The van der Waals surface area contributed by atoms with E-state index >= 15 is 0 Å². The molecule has 0 aliphatic carbocycles. The Kier molecular flexibility index (Phi) is 9.31. The zero-order valence-electron chi connectivity index (χ0n) is 20.9. The van der Waals surface area contributed by atoms with Crippen molar-refractivity contribution >= 4 is 29.3 Å². The number of ether oxygens (including phenoxy) is 1. The van der Waals surface area contributed by atoms with Crippen molar-refractivity contribution in [3.8, 4) is 5.75 Å². The summed E-state index contributed by atoms with van der Waals surface area (Å²) in [6.45, 7) is 10.6. The molecule has 35 heavy (non-hydrogen) atoms. The molecule has 0 aliphatic rings. The second kappa shape index (κ2) is 12.4. The van der Waals surface area contributed by atoms with E-state index in [1.54, 1.807) is 6.92 Å². The molecule has 1 aromatic heterocycles. The number of thioether (sulfide) groups is 1. The van der Waals surface area contributed by atoms with Gasteiger partial charge in [-0.15, -0.1) is 10.2 Å². The van der Waals surface area contributed by atoms with Crippen molar-refractivity contribution in [2.75, 3.05) is 11.1 Å². The van der Waals surface area contributed by atoms with Crippen molar-refractivity contribution in [2.24, 2.45) is 0 Å². The van der Waals surface area contributed by atoms with Crippen molar-refractivity contribution in [1.82, 2.24) is 20.1 Å². The Morgan fingerprint density at radius 1 is 1.06 bits per heavy atom. The third-order valence-electron chi connectivity index (χ3n) is 5.38. The van der Waals surface area contributed by atoms with E-state index < -0.39 is 6.10 Å². The van der Waals surface area contributed by atoms with Crippen molar-refractivity contribution in [3.05, 3.63) is 65.0 Å². The SMILES string of the molecule is CCc1ccc(O[C@@H](C)C(=O)NCc2nnc(SCC(=O)Nc3cc(C)cc(C)c3)n2CC)cc1. The van der Waals surface area contributed by atoms with Crippen LogP contribution in [0.3, 0.4) is 0 Å². The minimum atomic E-state index is -0.650. The first kappa shape index (κ1) is 26.3. The largest absolute Gasteiger partial charge is 0.481 e. The maximum atomic E-state index is 12.5. The number of rotatable bonds is 11. The molecular weight excluding hydrogens is 462 g/mol. The van der Waals surface area contributed by atoms with E-state index in [2.05, 4.69) is 33.8 Å². The summed E-state index contributed by atoms with van der Waals surface area (Å²) < 4.78 is 7.64. The van der Waals surface area contributed by atoms with Gasteiger partial charge in [0.2, 0.25) is 5.91 Å². The van der Waals surface area contributed by atoms with Gasteiger partial charge in [0.05, 0.1) is 12.3 Å². The highest BCUT2D eigenvalue weighted by Crippen LogP contribution is 2.19. The number of carbonyl (C=O) groups excluding carboxylic acids is 2. The summed E-state index contributed by atoms with van der Waals surface area (Å²) in [5.41, 5.74) is 4.19. The molecule has 2 amide bonds. The molecule has 3 aromatic rings. The van der Waals surface area contributed by atoms with Crippen LogP contribution < -0.4 is 15.4 Å². The average Bonchev–Trinajstić information content (AvgIpc) is 3.22. The van der Waals surface area contributed by atoms with Gasteiger partial charge in [-0.1, -0.05) is 36.9 Å². The molecule has 1 heterocycles. The molecular formula is C26H33N5O3S. The lowest BCUT2D eigenvalue weighted by Gasteiger charge is -2.15. The first-order valence-corrected chi connectivity index (χ1v) is 12.7. The molecule has 2 aromatic carbocycles. The third kappa shape index (κ3) is 7.58. The van der Waals surface area contributed by atoms with Crippen LogP contribution in [-0.2, 0) is 29.1 Å². The highest BCUT2D eigenvalue weighted by molar-refractivity contribution is 7.99. The monoisotopic (exact) mass is 495 g/mol. The number of carbonyl (C=O) groups is 2. The lowest BCUT2D eigenvalue weighted by atomic mass is 10.1. The Labute approximate surface area is 210 Å². The Morgan fingerprint density at radius 3 is 2.37 bits per heavy atom. The molecule has 1 atom stereocenters. The second-order valence-corrected chi connectivity index (χ2v) is 9.27. The molecule has 8 nitrogen and oxygen atoms in total. The molecule has 0 radical (unpaired) electrons. The number of anilines is 1. The van der Waals surface area contributed by atoms with Crippen LogP contribution in [0.4, 0.5) is 5.69 Å². The fourth-order valence-electron chi connectivity index (χ4n) is 3.62. The fraction of sp³-hybridized carbons (Fsp3) is 0.385. The number of hydrogen-bond donors (Lipinski definition) is 2. The first-order chi connectivity index (χ1) is 16.8. The van der Waals surface area contributed by atoms with E-state index in [-0.39, 0.29) is 24.1 Å². The molecule has 0 bridgehead atoms. The van der Waals surface area contributed by atoms with Crippen molar-refractivity contribution in [1.29, 1.82) is 0 Å². The van der Waals surface area contributed by atoms with Gasteiger partial charge in [0.1, 0.15) is 5.75 Å². The summed E-state index contributed by atoms with van der Waals surface area (Å²) in [5, 5.41) is 14.8. The topological polar surface area (TPSA) is 98.1 Å². The van der Waals surface area contributed by atoms with Crippen LogP contribution >= 0.6 is 11.8 Å². The van der Waals surface area contributed by atoms with Gasteiger partial charge in [0.25, 0.3) is 5.91 Å². The summed E-state index contributed by atoms with van der Waals surface area (Å²) in [5.74, 6) is 1.13. The van der Waals surface area contributed by atoms with Crippen LogP contribution in [0.5, 0.6) is 5.75 Å². The van der Waals surface area contributed by atoms with E-state index in [1.165, 1.54) is 17.3 Å². The number of nitrogens with zero attached hydrogens (tertiary/aromatic N) is 3. The molecule has 0 spiro atoms. The van der Waals surface area contributed by atoms with Crippen molar-refractivity contribution in [2.45, 2.75) is 65.4 Å². The Hall–Kier alpha value is -3.33. The smallest absolute Gasteiger partial charge is 0.261 e. The van der Waals surface area contributed by atoms with Crippen LogP contribution in [0.25, 0.3) is 0 Å². The number of benzene rings is 2. The zero-order chi connectivity index (χ0) is 25.4. The standard InChI is InChI=1S/C26H33N5O3S/c1-6-20-8-10-22(11-9-20)34-19(5)25(33)27-15-23-29-30-26(31(23)7-2)35-16-24(32)28-21-13-17(3)12-18(4)14-21/h8-14,19H,6-7,15-16H2,1-5H3,(H,27,33)(H,28,32)/t19-/m0/s1. The number of aryl methyl sites for hydroxylation is 3. The Morgan fingerprint density at radius 2 is 1.74 bits per heavy atom. The quantitative estimate of drug-likeness (QED) is 0.385. The summed E-state index contributed by atoms with van der Waals surface area (Å²) in [6, 6.07) is 13.7. The van der Waals surface area contributed by atoms with E-state index in [1.807, 2.05) is 61.7 Å². The van der Waals surface area contributed by atoms with Gasteiger partial charge in [0.15, 0.2) is 17.1 Å². The molecule has 0 unspecified atom stereocenters. The van der Waals surface area contributed by atoms with Crippen LogP contribution in [0.15, 0.2) is 47.6 Å². The lowest BCUT2D eigenvalue weighted by Crippen LogP contribution is -2.36. The predicted molar refractivity (Wildman–Crippen MR) is 139 cm³/mol. The van der Waals surface area contributed by atoms with Crippen molar-refractivity contribution in [3.63, 3.8) is 0 Å². The maximum absolute atomic E-state index is 12.5. The maximum Gasteiger partial charge on any atom is 0.261 e. The molecule has 3 rings (SSSR count). The number of hydrogen-bond acceptors (Lipinski definition) is 6. The van der Waals surface area contributed by atoms with E-state index in [4.69, 9.17) is 4.74 Å². The Balaban J connectivity index is 1.51. The summed E-state index contributed by atoms with van der Waals surface area (Å²) in [4.78, 5) is 25.0. The van der Waals surface area contributed by atoms with E-state index in [0.717, 1.165) is 23.2 Å². The van der Waals surface area contributed by atoms with Gasteiger partial charge in [-0.2, -0.15) is 0 Å². The first-order valence-electron chi connectivity index (χ1n) is 11.7. The summed E-state index contributed by atoms with van der Waals surface area (Å²) in [6.07, 6.45) is 0.300. The molecule has 9 heteroatoms. The van der Waals surface area contributed by atoms with Gasteiger partial charge in [-0.3, -0.25) is 9.59 Å². The minimum absolute atomic E-state index is 0.113. The summed E-state index contributed by atoms with van der Waals surface area (Å²) in [7, 11) is 0. The van der Waals surface area contributed by atoms with Gasteiger partial charge < -0.3 is 19.9 Å². The highest BCUT2D eigenvalue weighted by Gasteiger charge is 2.18. The number of amides is 2. The van der Waals surface area contributed by atoms with Crippen molar-refractivity contribution < 1.29 is 14.3 Å². The van der Waals surface area contributed by atoms with E-state index in [0.29, 0.717) is 23.3 Å². The molecule has 0 saturated heterocycles. The zero-order valence-corrected chi connectivity index (χ0v) is 21.7. The second-order valence-electron chi connectivity index (χ2n) is 8.33. The number of aromatic nitrogens is 3. The Bertz CT molecular complexity index is 1140. The molecule has 0 fully saturated rings. The van der Waals surface area contributed by atoms with Gasteiger partial charge in [-0.05, 0) is 75.1 Å². The predicted octanol–water partition coefficient (Wildman–Crippen LogP) is 4.29. The van der Waals surface area contributed by atoms with Crippen LogP contribution in [-0.4, -0.2) is 38.4 Å². The highest BCUT2D eigenvalue weighted by atomic mass is 32.2. The number of nitrogens with one attached hydrogen (secondary N) is 2. The van der Waals surface area contributed by atoms with Gasteiger partial charge in [0, 0.05) is 12.2 Å². The molecule has 2 N–H and O–H groups in total. The normalized spacial score (nSPS) is 11.7. The molecule has 0 saturated carbocycles. The average molecular weight is 496 g/mol. The fourth-order valence-corrected chi connectivity index (χ4v) is 4.44. The molecule has 0 aliphatic heterocycles.